The summed E-state index contributed by atoms with van der Waals surface area (Å²) in [6, 6.07) is -0.234. The van der Waals surface area contributed by atoms with Gasteiger partial charge in [0.25, 0.3) is 0 Å². The molecule has 0 aliphatic heterocycles. The van der Waals surface area contributed by atoms with E-state index in [-0.39, 0.29) is 6.03 Å². The molecule has 0 aromatic heterocycles. The van der Waals surface area contributed by atoms with E-state index in [1.54, 1.807) is 0 Å². The number of nitrogens with one attached hydrogen (secondary N) is 2. The maximum atomic E-state index is 10.1. The molecule has 0 saturated heterocycles. The molecular weight excluding hydrogens is 92.1 g/mol. The third kappa shape index (κ3) is 3.09. The Morgan fingerprint density at radius 1 is 1.86 bits per heavy atom. The van der Waals surface area contributed by atoms with Crippen LogP contribution in [-0.4, -0.2) is 12.6 Å². The lowest BCUT2D eigenvalue weighted by Crippen LogP contribution is -2.30. The maximum Gasteiger partial charge on any atom is 0.314 e. The molecule has 7 heavy (non-hydrogen) atoms. The first-order valence-electron chi connectivity index (χ1n) is 2.12. The van der Waals surface area contributed by atoms with Crippen molar-refractivity contribution in [3.05, 3.63) is 7.05 Å². The summed E-state index contributed by atoms with van der Waals surface area (Å²) in [5.74, 6) is 0. The number of hydrogen-bond donors (Lipinski definition) is 2. The molecular formula is C4H9N2O. The van der Waals surface area contributed by atoms with Gasteiger partial charge < -0.3 is 10.6 Å². The van der Waals surface area contributed by atoms with Crippen LogP contribution in [0.15, 0.2) is 0 Å². The van der Waals surface area contributed by atoms with Crippen LogP contribution in [0.3, 0.4) is 0 Å². The van der Waals surface area contributed by atoms with Crippen LogP contribution in [0, 0.1) is 7.05 Å². The molecule has 1 radical (unpaired) electrons. The summed E-state index contributed by atoms with van der Waals surface area (Å²) in [5, 5.41) is 4.65. The fourth-order valence-electron chi connectivity index (χ4n) is 0.223. The lowest BCUT2D eigenvalue weighted by atomic mass is 10.7. The van der Waals surface area contributed by atoms with Crippen LogP contribution in [0.5, 0.6) is 0 Å². The molecule has 0 unspecified atom stereocenters. The van der Waals surface area contributed by atoms with Gasteiger partial charge >= 0.3 is 6.03 Å². The number of rotatable bonds is 1. The van der Waals surface area contributed by atoms with E-state index in [9.17, 15) is 4.79 Å². The van der Waals surface area contributed by atoms with Crippen LogP contribution >= 0.6 is 0 Å². The monoisotopic (exact) mass is 101 g/mol. The number of carbonyl (C=O) groups excluding carboxylic acids is 1. The topological polar surface area (TPSA) is 41.1 Å². The van der Waals surface area contributed by atoms with Crippen molar-refractivity contribution in [1.82, 2.24) is 10.6 Å². The molecule has 0 fully saturated rings. The highest BCUT2D eigenvalue weighted by Gasteiger charge is 1.86. The molecule has 41 valence electrons. The first-order valence-corrected chi connectivity index (χ1v) is 2.12. The summed E-state index contributed by atoms with van der Waals surface area (Å²) in [7, 11) is 3.14. The average molecular weight is 101 g/mol. The Morgan fingerprint density at radius 2 is 2.43 bits per heavy atom. The second-order valence-electron chi connectivity index (χ2n) is 1.04. The number of carbonyl (C=O) groups is 1. The Bertz CT molecular complexity index is 62.7. The molecule has 0 heterocycles. The molecule has 0 saturated carbocycles. The van der Waals surface area contributed by atoms with Crippen molar-refractivity contribution in [1.29, 1.82) is 0 Å². The molecule has 2 amide bonds. The van der Waals surface area contributed by atoms with Crippen LogP contribution in [-0.2, 0) is 0 Å². The number of urea groups is 1. The summed E-state index contributed by atoms with van der Waals surface area (Å²) in [6.45, 7) is 2.48. The highest BCUT2D eigenvalue weighted by molar-refractivity contribution is 5.73. The van der Waals surface area contributed by atoms with Gasteiger partial charge in [0.2, 0.25) is 0 Å². The minimum Gasteiger partial charge on any atom is -0.338 e. The van der Waals surface area contributed by atoms with E-state index in [0.717, 1.165) is 0 Å². The van der Waals surface area contributed by atoms with Gasteiger partial charge in [0.15, 0.2) is 0 Å². The summed E-state index contributed by atoms with van der Waals surface area (Å²) in [6.07, 6.45) is 0. The standard InChI is InChI=1S/C4H9N2O/c1-3-6-4(7)5-2/h2-3H2,1H3,(H2,5,6,7). The van der Waals surface area contributed by atoms with Gasteiger partial charge in [-0.1, -0.05) is 0 Å². The van der Waals surface area contributed by atoms with E-state index in [1.165, 1.54) is 0 Å². The highest BCUT2D eigenvalue weighted by atomic mass is 16.2. The summed E-state index contributed by atoms with van der Waals surface area (Å²) in [5.41, 5.74) is 0. The largest absolute Gasteiger partial charge is 0.338 e. The average Bonchev–Trinajstić information content (AvgIpc) is 1.68. The highest BCUT2D eigenvalue weighted by Crippen LogP contribution is 1.57. The fourth-order valence-corrected chi connectivity index (χ4v) is 0.223. The molecule has 0 rings (SSSR count). The predicted molar refractivity (Wildman–Crippen MR) is 27.6 cm³/mol. The summed E-state index contributed by atoms with van der Waals surface area (Å²) < 4.78 is 0. The molecule has 3 nitrogen and oxygen atoms in total. The van der Waals surface area contributed by atoms with Crippen molar-refractivity contribution < 1.29 is 4.79 Å². The molecule has 3 heteroatoms. The maximum absolute atomic E-state index is 10.1. The third-order valence-corrected chi connectivity index (χ3v) is 0.498. The van der Waals surface area contributed by atoms with Gasteiger partial charge in [0.1, 0.15) is 0 Å². The van der Waals surface area contributed by atoms with E-state index < -0.39 is 0 Å². The fraction of sp³-hybridized carbons (Fsp3) is 0.500. The molecule has 0 aliphatic carbocycles. The molecule has 0 spiro atoms. The molecule has 0 aromatic carbocycles. The third-order valence-electron chi connectivity index (χ3n) is 0.498. The Kier molecular flexibility index (Phi) is 3.10. The molecule has 0 aliphatic rings. The van der Waals surface area contributed by atoms with Gasteiger partial charge in [-0.05, 0) is 6.92 Å². The van der Waals surface area contributed by atoms with Crippen LogP contribution in [0.25, 0.3) is 0 Å². The van der Waals surface area contributed by atoms with E-state index in [4.69, 9.17) is 0 Å². The van der Waals surface area contributed by atoms with E-state index in [0.29, 0.717) is 6.54 Å². The van der Waals surface area contributed by atoms with Crippen molar-refractivity contribution >= 4 is 6.03 Å². The minimum atomic E-state index is -0.234. The summed E-state index contributed by atoms with van der Waals surface area (Å²) >= 11 is 0. The smallest absolute Gasteiger partial charge is 0.314 e. The van der Waals surface area contributed by atoms with Crippen LogP contribution in [0.1, 0.15) is 6.92 Å². The summed E-state index contributed by atoms with van der Waals surface area (Å²) in [4.78, 5) is 10.1. The van der Waals surface area contributed by atoms with Gasteiger partial charge in [-0.2, -0.15) is 0 Å². The van der Waals surface area contributed by atoms with Gasteiger partial charge in [-0.25, -0.2) is 4.79 Å². The molecule has 2 N–H and O–H groups in total. The lowest BCUT2D eigenvalue weighted by molar-refractivity contribution is 0.244. The second kappa shape index (κ2) is 3.46. The SMILES string of the molecule is [CH2]NC(=O)NCC. The Balaban J connectivity index is 3.00. The lowest BCUT2D eigenvalue weighted by Gasteiger charge is -1.95. The zero-order valence-corrected chi connectivity index (χ0v) is 4.32. The Morgan fingerprint density at radius 3 is 2.57 bits per heavy atom. The van der Waals surface area contributed by atoms with E-state index in [1.807, 2.05) is 6.92 Å². The zero-order chi connectivity index (χ0) is 5.70. The second-order valence-corrected chi connectivity index (χ2v) is 1.04. The van der Waals surface area contributed by atoms with Crippen LogP contribution in [0.4, 0.5) is 4.79 Å². The zero-order valence-electron chi connectivity index (χ0n) is 4.32. The van der Waals surface area contributed by atoms with Gasteiger partial charge in [-0.15, -0.1) is 0 Å². The van der Waals surface area contributed by atoms with Gasteiger partial charge in [0, 0.05) is 13.6 Å². The van der Waals surface area contributed by atoms with Crippen molar-refractivity contribution in [2.24, 2.45) is 0 Å². The quantitative estimate of drug-likeness (QED) is 0.483. The Labute approximate surface area is 43.1 Å². The molecule has 0 aromatic rings. The van der Waals surface area contributed by atoms with Crippen molar-refractivity contribution in [3.63, 3.8) is 0 Å². The van der Waals surface area contributed by atoms with E-state index in [2.05, 4.69) is 17.7 Å². The van der Waals surface area contributed by atoms with Gasteiger partial charge in [0.05, 0.1) is 0 Å². The normalized spacial score (nSPS) is 7.71. The number of amides is 2. The first-order chi connectivity index (χ1) is 3.31. The predicted octanol–water partition coefficient (Wildman–Crippen LogP) is 0.0971. The van der Waals surface area contributed by atoms with Crippen molar-refractivity contribution in [3.8, 4) is 0 Å². The van der Waals surface area contributed by atoms with Gasteiger partial charge in [-0.3, -0.25) is 0 Å². The van der Waals surface area contributed by atoms with Crippen LogP contribution < -0.4 is 10.6 Å². The van der Waals surface area contributed by atoms with Crippen molar-refractivity contribution in [2.75, 3.05) is 6.54 Å². The number of hydrogen-bond acceptors (Lipinski definition) is 1. The molecule has 0 atom stereocenters. The minimum absolute atomic E-state index is 0.234. The van der Waals surface area contributed by atoms with Crippen LogP contribution in [0.2, 0.25) is 0 Å². The molecule has 0 bridgehead atoms. The van der Waals surface area contributed by atoms with E-state index >= 15 is 0 Å². The van der Waals surface area contributed by atoms with Crippen molar-refractivity contribution in [2.45, 2.75) is 6.92 Å². The first kappa shape index (κ1) is 6.27. The Hall–Kier alpha value is -0.730.